The van der Waals surface area contributed by atoms with Crippen molar-refractivity contribution in [2.45, 2.75) is 34.1 Å². The van der Waals surface area contributed by atoms with Gasteiger partial charge in [0, 0.05) is 65.1 Å². The Labute approximate surface area is 239 Å². The number of carbonyl (C=O) groups excluding carboxylic acids is 1. The lowest BCUT2D eigenvalue weighted by Gasteiger charge is -2.14. The summed E-state index contributed by atoms with van der Waals surface area (Å²) in [6.45, 7) is 11.9. The number of rotatable bonds is 8. The third-order valence-electron chi connectivity index (χ3n) is 7.29. The Balaban J connectivity index is 1.61. The van der Waals surface area contributed by atoms with Crippen molar-refractivity contribution in [2.75, 3.05) is 14.1 Å². The quantitative estimate of drug-likeness (QED) is 0.133. The number of pyridine rings is 1. The number of hydrogen-bond donors (Lipinski definition) is 2. The van der Waals surface area contributed by atoms with Crippen LogP contribution in [0.2, 0.25) is 0 Å². The van der Waals surface area contributed by atoms with Gasteiger partial charge >= 0.3 is 0 Å². The number of thiophene rings is 1. The fraction of sp³-hybridized carbons (Fsp3) is 0.242. The molecule has 204 valence electrons. The summed E-state index contributed by atoms with van der Waals surface area (Å²) >= 11 is 1.54. The fourth-order valence-corrected chi connectivity index (χ4v) is 5.69. The molecule has 4 aromatic heterocycles. The maximum absolute atomic E-state index is 12.0. The zero-order valence-corrected chi connectivity index (χ0v) is 24.7. The van der Waals surface area contributed by atoms with E-state index in [4.69, 9.17) is 4.98 Å². The number of Topliss-reactive ketones (excluding diaryl/α,β-unsaturated/α-hetero) is 1. The average Bonchev–Trinajstić information content (AvgIpc) is 3.65. The fourth-order valence-electron chi connectivity index (χ4n) is 4.75. The summed E-state index contributed by atoms with van der Waals surface area (Å²) in [5, 5.41) is 8.72. The predicted octanol–water partition coefficient (Wildman–Crippen LogP) is 7.82. The number of aromatic nitrogens is 4. The van der Waals surface area contributed by atoms with Crippen molar-refractivity contribution < 1.29 is 4.79 Å². The lowest BCUT2D eigenvalue weighted by atomic mass is 9.99. The smallest absolute Gasteiger partial charge is 0.181 e. The zero-order valence-electron chi connectivity index (χ0n) is 23.9. The molecule has 0 unspecified atom stereocenters. The van der Waals surface area contributed by atoms with Crippen LogP contribution in [-0.4, -0.2) is 44.9 Å². The maximum atomic E-state index is 12.0. The van der Waals surface area contributed by atoms with Crippen LogP contribution in [0, 0.1) is 5.92 Å². The summed E-state index contributed by atoms with van der Waals surface area (Å²) in [5.41, 5.74) is 10.4. The van der Waals surface area contributed by atoms with Gasteiger partial charge in [-0.25, -0.2) is 4.98 Å². The molecule has 1 aliphatic carbocycles. The molecule has 2 N–H and O–H groups in total. The maximum Gasteiger partial charge on any atom is 0.181 e. The van der Waals surface area contributed by atoms with Gasteiger partial charge in [0.05, 0.1) is 16.3 Å². The van der Waals surface area contributed by atoms with E-state index in [-0.39, 0.29) is 11.7 Å². The number of nitrogens with zero attached hydrogens (tertiary/aromatic N) is 3. The van der Waals surface area contributed by atoms with Gasteiger partial charge in [0.1, 0.15) is 0 Å². The number of nitrogens with one attached hydrogen (secondary N) is 2. The van der Waals surface area contributed by atoms with E-state index >= 15 is 0 Å². The van der Waals surface area contributed by atoms with Crippen LogP contribution in [0.1, 0.15) is 59.1 Å². The van der Waals surface area contributed by atoms with Crippen LogP contribution in [0.15, 0.2) is 78.7 Å². The molecule has 4 aromatic rings. The van der Waals surface area contributed by atoms with Crippen LogP contribution in [0.3, 0.4) is 0 Å². The highest BCUT2D eigenvalue weighted by Crippen LogP contribution is 2.38. The largest absolute Gasteiger partial charge is 0.381 e. The molecule has 0 aromatic carbocycles. The Bertz CT molecular complexity index is 1740. The molecule has 1 atom stereocenters. The van der Waals surface area contributed by atoms with E-state index in [0.29, 0.717) is 5.65 Å². The first kappa shape index (κ1) is 27.3. The van der Waals surface area contributed by atoms with Crippen molar-refractivity contribution in [1.82, 2.24) is 25.1 Å². The first-order valence-corrected chi connectivity index (χ1v) is 14.2. The van der Waals surface area contributed by atoms with Gasteiger partial charge in [-0.2, -0.15) is 5.10 Å². The number of allylic oxidation sites excluding steroid dienone is 8. The predicted molar refractivity (Wildman–Crippen MR) is 167 cm³/mol. The number of H-pyrrole nitrogens is 2. The van der Waals surface area contributed by atoms with Crippen molar-refractivity contribution in [2.24, 2.45) is 5.92 Å². The van der Waals surface area contributed by atoms with E-state index < -0.39 is 0 Å². The second-order valence-corrected chi connectivity index (χ2v) is 11.7. The molecule has 0 spiro atoms. The highest BCUT2D eigenvalue weighted by molar-refractivity contribution is 7.15. The molecule has 6 nitrogen and oxygen atoms in total. The summed E-state index contributed by atoms with van der Waals surface area (Å²) in [7, 11) is 4.09. The summed E-state index contributed by atoms with van der Waals surface area (Å²) in [6, 6.07) is 8.31. The summed E-state index contributed by atoms with van der Waals surface area (Å²) in [5.74, 6) is 0.299. The van der Waals surface area contributed by atoms with Crippen molar-refractivity contribution >= 4 is 39.3 Å². The van der Waals surface area contributed by atoms with E-state index in [0.717, 1.165) is 66.6 Å². The molecule has 0 aliphatic heterocycles. The van der Waals surface area contributed by atoms with Crippen molar-refractivity contribution in [3.8, 4) is 11.4 Å². The molecule has 0 radical (unpaired) electrons. The SMILES string of the molecule is C=C[C@H](C)/C=C(\C=C(/C)N(C)C)c1cnc2n[nH]c(-c3cc4c([nH]3)CC(C)=CC=C4c3ccc(C(C)=O)s3)c2c1. The zero-order chi connectivity index (χ0) is 28.6. The Morgan fingerprint density at radius 1 is 1.20 bits per heavy atom. The first-order chi connectivity index (χ1) is 19.1. The van der Waals surface area contributed by atoms with Crippen LogP contribution >= 0.6 is 11.3 Å². The minimum Gasteiger partial charge on any atom is -0.381 e. The van der Waals surface area contributed by atoms with E-state index in [1.54, 1.807) is 6.92 Å². The Morgan fingerprint density at radius 2 is 2.00 bits per heavy atom. The molecule has 0 saturated carbocycles. The monoisotopic (exact) mass is 549 g/mol. The summed E-state index contributed by atoms with van der Waals surface area (Å²) < 4.78 is 0. The molecule has 0 bridgehead atoms. The minimum atomic E-state index is 0.0888. The standard InChI is InChI=1S/C33H35N5OS/c1-8-19(2)13-23(15-21(4)38(6)7)24-16-27-32(36-37-33(27)34-18-24)29-17-26-25(10-9-20(3)14-28(26)35-29)31-12-11-30(40-31)22(5)39/h8-13,15-19,35H,1,14H2,2-7H3,(H,34,36,37)/b21-15+,23-13+/t19-/m0/s1. The second kappa shape index (κ2) is 11.1. The molecule has 1 aliphatic rings. The van der Waals surface area contributed by atoms with Crippen LogP contribution in [0.25, 0.3) is 33.6 Å². The number of hydrogen-bond acceptors (Lipinski definition) is 5. The van der Waals surface area contributed by atoms with Gasteiger partial charge in [0.2, 0.25) is 0 Å². The van der Waals surface area contributed by atoms with Crippen molar-refractivity contribution in [3.63, 3.8) is 0 Å². The highest BCUT2D eigenvalue weighted by Gasteiger charge is 2.21. The third-order valence-corrected chi connectivity index (χ3v) is 8.51. The topological polar surface area (TPSA) is 77.7 Å². The number of aromatic amines is 2. The molecule has 0 fully saturated rings. The van der Waals surface area contributed by atoms with Crippen LogP contribution < -0.4 is 0 Å². The van der Waals surface area contributed by atoms with Gasteiger partial charge in [-0.1, -0.05) is 36.8 Å². The van der Waals surface area contributed by atoms with E-state index in [2.05, 4.69) is 83.9 Å². The normalized spacial score (nSPS) is 14.8. The molecule has 0 saturated heterocycles. The molecule has 4 heterocycles. The molecular weight excluding hydrogens is 514 g/mol. The average molecular weight is 550 g/mol. The number of carbonyl (C=O) groups is 1. The van der Waals surface area contributed by atoms with Crippen molar-refractivity contribution in [1.29, 1.82) is 0 Å². The van der Waals surface area contributed by atoms with Crippen molar-refractivity contribution in [3.05, 3.63) is 105 Å². The Hall–Kier alpha value is -4.23. The van der Waals surface area contributed by atoms with Gasteiger partial charge in [0.15, 0.2) is 11.4 Å². The summed E-state index contributed by atoms with van der Waals surface area (Å²) in [4.78, 5) is 24.3. The van der Waals surface area contributed by atoms with Gasteiger partial charge in [0.25, 0.3) is 0 Å². The lowest BCUT2D eigenvalue weighted by molar-refractivity contribution is 0.102. The molecule has 0 amide bonds. The summed E-state index contributed by atoms with van der Waals surface area (Å²) in [6.07, 6.45) is 13.4. The highest BCUT2D eigenvalue weighted by atomic mass is 32.1. The number of fused-ring (bicyclic) bond motifs is 2. The second-order valence-electron chi connectivity index (χ2n) is 10.7. The van der Waals surface area contributed by atoms with Gasteiger partial charge < -0.3 is 9.88 Å². The van der Waals surface area contributed by atoms with Gasteiger partial charge in [-0.15, -0.1) is 17.9 Å². The Morgan fingerprint density at radius 3 is 2.70 bits per heavy atom. The molecule has 7 heteroatoms. The van der Waals surface area contributed by atoms with E-state index in [1.807, 2.05) is 38.5 Å². The van der Waals surface area contributed by atoms with E-state index in [9.17, 15) is 4.79 Å². The molecule has 40 heavy (non-hydrogen) atoms. The lowest BCUT2D eigenvalue weighted by Crippen LogP contribution is -2.08. The van der Waals surface area contributed by atoms with Crippen LogP contribution in [-0.2, 0) is 6.42 Å². The van der Waals surface area contributed by atoms with Gasteiger partial charge in [-0.05, 0) is 62.6 Å². The van der Waals surface area contributed by atoms with E-state index in [1.165, 1.54) is 16.9 Å². The van der Waals surface area contributed by atoms with Crippen LogP contribution in [0.5, 0.6) is 0 Å². The number of ketones is 1. The first-order valence-electron chi connectivity index (χ1n) is 13.4. The minimum absolute atomic E-state index is 0.0888. The third kappa shape index (κ3) is 5.42. The van der Waals surface area contributed by atoms with Crippen LogP contribution in [0.4, 0.5) is 0 Å². The molecular formula is C33H35N5OS. The Kier molecular flexibility index (Phi) is 7.59. The molecule has 5 rings (SSSR count). The van der Waals surface area contributed by atoms with Gasteiger partial charge in [-0.3, -0.25) is 9.89 Å².